The molecule has 0 N–H and O–H groups in total. The number of rotatable bonds is 4. The molecule has 1 saturated heterocycles. The van der Waals surface area contributed by atoms with Crippen molar-refractivity contribution in [3.05, 3.63) is 47.9 Å². The van der Waals surface area contributed by atoms with Crippen LogP contribution in [0.1, 0.15) is 29.0 Å². The summed E-state index contributed by atoms with van der Waals surface area (Å²) in [6.07, 6.45) is 1.52. The molecule has 0 spiro atoms. The Morgan fingerprint density at radius 1 is 1.26 bits per heavy atom. The van der Waals surface area contributed by atoms with Gasteiger partial charge in [-0.3, -0.25) is 4.79 Å². The Labute approximate surface area is 135 Å². The number of carbonyl (C=O) groups excluding carboxylic acids is 1. The summed E-state index contributed by atoms with van der Waals surface area (Å²) >= 11 is 0. The third kappa shape index (κ3) is 3.22. The monoisotopic (exact) mass is 315 g/mol. The lowest BCUT2D eigenvalue weighted by atomic mass is 10.1. The van der Waals surface area contributed by atoms with E-state index >= 15 is 0 Å². The molecule has 1 aromatic carbocycles. The summed E-state index contributed by atoms with van der Waals surface area (Å²) in [5.74, 6) is -0.0254. The minimum absolute atomic E-state index is 0.0254. The average Bonchev–Trinajstić information content (AvgIpc) is 3.15. The van der Waals surface area contributed by atoms with Crippen molar-refractivity contribution in [2.75, 3.05) is 38.3 Å². The minimum Gasteiger partial charge on any atom is -0.378 e. The van der Waals surface area contributed by atoms with Crippen LogP contribution in [0, 0.1) is 0 Å². The SMILES string of the molecule is CC(c1ccon1)N(C)C(=O)c1ccccc1N1CCOCC1. The fourth-order valence-electron chi connectivity index (χ4n) is 2.74. The Hall–Kier alpha value is -2.34. The maximum Gasteiger partial charge on any atom is 0.256 e. The number of morpholine rings is 1. The molecule has 0 aliphatic carbocycles. The highest BCUT2D eigenvalue weighted by molar-refractivity contribution is 5.99. The molecule has 0 bridgehead atoms. The molecule has 2 heterocycles. The lowest BCUT2D eigenvalue weighted by Gasteiger charge is -2.31. The summed E-state index contributed by atoms with van der Waals surface area (Å²) in [7, 11) is 1.79. The average molecular weight is 315 g/mol. The van der Waals surface area contributed by atoms with E-state index in [1.165, 1.54) is 6.26 Å². The highest BCUT2D eigenvalue weighted by atomic mass is 16.5. The van der Waals surface area contributed by atoms with Crippen LogP contribution in [-0.4, -0.2) is 49.3 Å². The Morgan fingerprint density at radius 2 is 2.00 bits per heavy atom. The first-order valence-corrected chi connectivity index (χ1v) is 7.77. The number of aromatic nitrogens is 1. The van der Waals surface area contributed by atoms with Crippen LogP contribution in [0.5, 0.6) is 0 Å². The number of ether oxygens (including phenoxy) is 1. The van der Waals surface area contributed by atoms with E-state index in [1.54, 1.807) is 18.0 Å². The first-order chi connectivity index (χ1) is 11.2. The highest BCUT2D eigenvalue weighted by Crippen LogP contribution is 2.26. The van der Waals surface area contributed by atoms with Gasteiger partial charge in [0.2, 0.25) is 0 Å². The second-order valence-electron chi connectivity index (χ2n) is 5.63. The molecule has 1 aliphatic heterocycles. The fourth-order valence-corrected chi connectivity index (χ4v) is 2.74. The van der Waals surface area contributed by atoms with Crippen LogP contribution in [0.15, 0.2) is 41.1 Å². The highest BCUT2D eigenvalue weighted by Gasteiger charge is 2.24. The van der Waals surface area contributed by atoms with Gasteiger partial charge < -0.3 is 19.1 Å². The molecule has 122 valence electrons. The van der Waals surface area contributed by atoms with Gasteiger partial charge in [0.15, 0.2) is 0 Å². The van der Waals surface area contributed by atoms with Crippen molar-refractivity contribution in [3.63, 3.8) is 0 Å². The third-order valence-electron chi connectivity index (χ3n) is 4.27. The number of benzene rings is 1. The summed E-state index contributed by atoms with van der Waals surface area (Å²) in [5.41, 5.74) is 2.40. The van der Waals surface area contributed by atoms with E-state index in [0.717, 1.165) is 24.5 Å². The van der Waals surface area contributed by atoms with Gasteiger partial charge in [-0.15, -0.1) is 0 Å². The topological polar surface area (TPSA) is 58.8 Å². The van der Waals surface area contributed by atoms with Crippen molar-refractivity contribution in [2.24, 2.45) is 0 Å². The standard InChI is InChI=1S/C17H21N3O3/c1-13(15-7-10-23-18-15)19(2)17(21)14-5-3-4-6-16(14)20-8-11-22-12-9-20/h3-7,10,13H,8-9,11-12H2,1-2H3. The van der Waals surface area contributed by atoms with Crippen molar-refractivity contribution < 1.29 is 14.1 Å². The molecule has 6 nitrogen and oxygen atoms in total. The molecule has 1 amide bonds. The van der Waals surface area contributed by atoms with Crippen molar-refractivity contribution in [1.82, 2.24) is 10.1 Å². The van der Waals surface area contributed by atoms with Gasteiger partial charge in [0, 0.05) is 31.9 Å². The van der Waals surface area contributed by atoms with Crippen LogP contribution in [0.4, 0.5) is 5.69 Å². The van der Waals surface area contributed by atoms with Crippen molar-refractivity contribution in [1.29, 1.82) is 0 Å². The zero-order valence-corrected chi connectivity index (χ0v) is 13.4. The van der Waals surface area contributed by atoms with Gasteiger partial charge in [-0.2, -0.15) is 0 Å². The smallest absolute Gasteiger partial charge is 0.256 e. The second-order valence-corrected chi connectivity index (χ2v) is 5.63. The summed E-state index contributed by atoms with van der Waals surface area (Å²) in [6.45, 7) is 4.91. The van der Waals surface area contributed by atoms with Crippen molar-refractivity contribution in [2.45, 2.75) is 13.0 Å². The van der Waals surface area contributed by atoms with E-state index in [2.05, 4.69) is 10.1 Å². The lowest BCUT2D eigenvalue weighted by Crippen LogP contribution is -2.38. The molecule has 2 aromatic rings. The van der Waals surface area contributed by atoms with E-state index in [-0.39, 0.29) is 11.9 Å². The Morgan fingerprint density at radius 3 is 2.70 bits per heavy atom. The fraction of sp³-hybridized carbons (Fsp3) is 0.412. The molecule has 1 aliphatic rings. The zero-order valence-electron chi connectivity index (χ0n) is 13.4. The molecule has 1 fully saturated rings. The maximum absolute atomic E-state index is 13.0. The van der Waals surface area contributed by atoms with Gasteiger partial charge >= 0.3 is 0 Å². The normalized spacial score (nSPS) is 16.2. The number of amides is 1. The summed E-state index contributed by atoms with van der Waals surface area (Å²) in [6, 6.07) is 9.35. The molecular weight excluding hydrogens is 294 g/mol. The quantitative estimate of drug-likeness (QED) is 0.867. The molecule has 3 rings (SSSR count). The van der Waals surface area contributed by atoms with Crippen LogP contribution >= 0.6 is 0 Å². The zero-order chi connectivity index (χ0) is 16.2. The van der Waals surface area contributed by atoms with Gasteiger partial charge in [-0.05, 0) is 19.1 Å². The largest absolute Gasteiger partial charge is 0.378 e. The maximum atomic E-state index is 13.0. The van der Waals surface area contributed by atoms with Crippen molar-refractivity contribution >= 4 is 11.6 Å². The number of anilines is 1. The second kappa shape index (κ2) is 6.83. The van der Waals surface area contributed by atoms with Crippen LogP contribution < -0.4 is 4.90 Å². The number of carbonyl (C=O) groups is 1. The summed E-state index contributed by atoms with van der Waals surface area (Å²) in [5, 5.41) is 3.93. The molecule has 6 heteroatoms. The molecule has 0 saturated carbocycles. The van der Waals surface area contributed by atoms with E-state index < -0.39 is 0 Å². The summed E-state index contributed by atoms with van der Waals surface area (Å²) in [4.78, 5) is 16.8. The molecule has 1 atom stereocenters. The number of para-hydroxylation sites is 1. The third-order valence-corrected chi connectivity index (χ3v) is 4.27. The van der Waals surface area contributed by atoms with Gasteiger partial charge in [0.1, 0.15) is 12.0 Å². The van der Waals surface area contributed by atoms with E-state index in [1.807, 2.05) is 31.2 Å². The van der Waals surface area contributed by atoms with Gasteiger partial charge in [0.05, 0.1) is 24.8 Å². The van der Waals surface area contributed by atoms with Crippen LogP contribution in [0.25, 0.3) is 0 Å². The van der Waals surface area contributed by atoms with Crippen LogP contribution in [0.3, 0.4) is 0 Å². The molecule has 1 unspecified atom stereocenters. The van der Waals surface area contributed by atoms with E-state index in [9.17, 15) is 4.79 Å². The van der Waals surface area contributed by atoms with Crippen LogP contribution in [0.2, 0.25) is 0 Å². The first kappa shape index (κ1) is 15.6. The lowest BCUT2D eigenvalue weighted by molar-refractivity contribution is 0.0737. The molecule has 0 radical (unpaired) electrons. The van der Waals surface area contributed by atoms with E-state index in [4.69, 9.17) is 9.26 Å². The van der Waals surface area contributed by atoms with Crippen molar-refractivity contribution in [3.8, 4) is 0 Å². The van der Waals surface area contributed by atoms with Gasteiger partial charge in [-0.1, -0.05) is 17.3 Å². The van der Waals surface area contributed by atoms with Gasteiger partial charge in [-0.25, -0.2) is 0 Å². The Balaban J connectivity index is 1.84. The number of hydrogen-bond acceptors (Lipinski definition) is 5. The number of nitrogens with zero attached hydrogens (tertiary/aromatic N) is 3. The predicted molar refractivity (Wildman–Crippen MR) is 86.5 cm³/mol. The predicted octanol–water partition coefficient (Wildman–Crippen LogP) is 2.34. The first-order valence-electron chi connectivity index (χ1n) is 7.77. The minimum atomic E-state index is -0.154. The summed E-state index contributed by atoms with van der Waals surface area (Å²) < 4.78 is 10.3. The molecule has 1 aromatic heterocycles. The Kier molecular flexibility index (Phi) is 4.62. The molecular formula is C17H21N3O3. The van der Waals surface area contributed by atoms with E-state index in [0.29, 0.717) is 18.8 Å². The van der Waals surface area contributed by atoms with Crippen LogP contribution in [-0.2, 0) is 4.74 Å². The van der Waals surface area contributed by atoms with Gasteiger partial charge in [0.25, 0.3) is 5.91 Å². The Bertz CT molecular complexity index is 651. The molecule has 23 heavy (non-hydrogen) atoms. The number of hydrogen-bond donors (Lipinski definition) is 0.